The van der Waals surface area contributed by atoms with E-state index >= 15 is 0 Å². The van der Waals surface area contributed by atoms with Gasteiger partial charge >= 0.3 is 0 Å². The number of carbonyl (C=O) groups is 1. The zero-order valence-electron chi connectivity index (χ0n) is 14.0. The zero-order chi connectivity index (χ0) is 17.6. The molecule has 1 aromatic carbocycles. The number of fused-ring (bicyclic) bond motifs is 1. The van der Waals surface area contributed by atoms with Crippen LogP contribution in [0.25, 0.3) is 0 Å². The van der Waals surface area contributed by atoms with Gasteiger partial charge in [0.25, 0.3) is 0 Å². The first kappa shape index (κ1) is 17.3. The topological polar surface area (TPSA) is 78.3 Å². The molecule has 8 heteroatoms. The molecular formula is C17H20N4O3S. The van der Waals surface area contributed by atoms with Crippen molar-refractivity contribution in [3.8, 4) is 11.5 Å². The van der Waals surface area contributed by atoms with E-state index in [-0.39, 0.29) is 18.5 Å². The number of nitrogens with zero attached hydrogens (tertiary/aromatic N) is 3. The molecule has 0 saturated carbocycles. The summed E-state index contributed by atoms with van der Waals surface area (Å²) in [5, 5.41) is 11.9. The van der Waals surface area contributed by atoms with Crippen molar-refractivity contribution >= 4 is 17.7 Å². The van der Waals surface area contributed by atoms with E-state index < -0.39 is 0 Å². The molecule has 3 rings (SSSR count). The number of hydrogen-bond acceptors (Lipinski definition) is 6. The highest BCUT2D eigenvalue weighted by Gasteiger charge is 2.14. The van der Waals surface area contributed by atoms with Crippen molar-refractivity contribution in [3.63, 3.8) is 0 Å². The maximum absolute atomic E-state index is 12.1. The van der Waals surface area contributed by atoms with Gasteiger partial charge in [-0.25, -0.2) is 0 Å². The van der Waals surface area contributed by atoms with Gasteiger partial charge in [0.2, 0.25) is 12.7 Å². The average Bonchev–Trinajstić information content (AvgIpc) is 3.24. The van der Waals surface area contributed by atoms with E-state index in [0.29, 0.717) is 18.8 Å². The van der Waals surface area contributed by atoms with E-state index in [4.69, 9.17) is 9.47 Å². The summed E-state index contributed by atoms with van der Waals surface area (Å²) in [6, 6.07) is 5.64. The molecule has 132 valence electrons. The fraction of sp³-hybridized carbons (Fsp3) is 0.353. The number of benzene rings is 1. The molecule has 2 heterocycles. The summed E-state index contributed by atoms with van der Waals surface area (Å²) in [5.74, 6) is 2.56. The summed E-state index contributed by atoms with van der Waals surface area (Å²) in [6.45, 7) is 7.09. The summed E-state index contributed by atoms with van der Waals surface area (Å²) in [4.78, 5) is 12.1. The third kappa shape index (κ3) is 4.14. The minimum atomic E-state index is -0.0612. The van der Waals surface area contributed by atoms with Gasteiger partial charge in [0.1, 0.15) is 5.82 Å². The number of hydrogen-bond donors (Lipinski definition) is 1. The van der Waals surface area contributed by atoms with Gasteiger partial charge in [-0.3, -0.25) is 4.79 Å². The van der Waals surface area contributed by atoms with Crippen LogP contribution in [0.15, 0.2) is 36.0 Å². The average molecular weight is 360 g/mol. The first-order valence-electron chi connectivity index (χ1n) is 8.02. The summed E-state index contributed by atoms with van der Waals surface area (Å²) >= 11 is 1.37. The molecule has 1 N–H and O–H groups in total. The Kier molecular flexibility index (Phi) is 5.60. The Hall–Kier alpha value is -2.48. The van der Waals surface area contributed by atoms with Crippen molar-refractivity contribution in [3.05, 3.63) is 42.2 Å². The Labute approximate surface area is 150 Å². The Morgan fingerprint density at radius 2 is 2.24 bits per heavy atom. The molecule has 7 nitrogen and oxygen atoms in total. The van der Waals surface area contributed by atoms with Crippen LogP contribution in [-0.2, 0) is 24.3 Å². The number of aryl methyl sites for hydroxylation is 1. The Bertz CT molecular complexity index is 775. The number of allylic oxidation sites excluding steroid dienone is 1. The number of thioether (sulfide) groups is 1. The second kappa shape index (κ2) is 8.06. The third-order valence-corrected chi connectivity index (χ3v) is 4.65. The van der Waals surface area contributed by atoms with E-state index in [1.165, 1.54) is 11.8 Å². The third-order valence-electron chi connectivity index (χ3n) is 3.68. The van der Waals surface area contributed by atoms with Gasteiger partial charge in [0.15, 0.2) is 16.7 Å². The van der Waals surface area contributed by atoms with E-state index in [2.05, 4.69) is 22.1 Å². The van der Waals surface area contributed by atoms with E-state index in [1.807, 2.05) is 29.7 Å². The number of aromatic nitrogens is 3. The standard InChI is InChI=1S/C17H20N4O3S/c1-3-7-21-15(4-2)19-20-17(21)25-10-16(22)18-9-12-5-6-13-14(8-12)24-11-23-13/h3,5-6,8H,1,4,7,9-11H2,2H3,(H,18,22). The molecule has 0 fully saturated rings. The van der Waals surface area contributed by atoms with Crippen molar-refractivity contribution in [2.45, 2.75) is 31.6 Å². The van der Waals surface area contributed by atoms with Crippen LogP contribution in [0.2, 0.25) is 0 Å². The highest BCUT2D eigenvalue weighted by Crippen LogP contribution is 2.32. The van der Waals surface area contributed by atoms with Crippen LogP contribution in [0.3, 0.4) is 0 Å². The van der Waals surface area contributed by atoms with Crippen molar-refractivity contribution in [2.75, 3.05) is 12.5 Å². The van der Waals surface area contributed by atoms with Gasteiger partial charge in [-0.15, -0.1) is 16.8 Å². The van der Waals surface area contributed by atoms with Gasteiger partial charge < -0.3 is 19.4 Å². The number of ether oxygens (including phenoxy) is 2. The molecule has 0 aliphatic carbocycles. The van der Waals surface area contributed by atoms with Crippen LogP contribution in [0.4, 0.5) is 0 Å². The molecule has 0 spiro atoms. The van der Waals surface area contributed by atoms with Crippen LogP contribution in [0.1, 0.15) is 18.3 Å². The van der Waals surface area contributed by atoms with E-state index in [9.17, 15) is 4.79 Å². The van der Waals surface area contributed by atoms with Crippen molar-refractivity contribution in [1.29, 1.82) is 0 Å². The smallest absolute Gasteiger partial charge is 0.231 e. The van der Waals surface area contributed by atoms with Crippen molar-refractivity contribution in [1.82, 2.24) is 20.1 Å². The van der Waals surface area contributed by atoms with Gasteiger partial charge in [-0.05, 0) is 17.7 Å². The summed E-state index contributed by atoms with van der Waals surface area (Å²) < 4.78 is 12.6. The van der Waals surface area contributed by atoms with E-state index in [0.717, 1.165) is 28.7 Å². The SMILES string of the molecule is C=CCn1c(CC)nnc1SCC(=O)NCc1ccc2c(c1)OCO2. The number of rotatable bonds is 8. The minimum absolute atomic E-state index is 0.0612. The maximum Gasteiger partial charge on any atom is 0.231 e. The Morgan fingerprint density at radius 3 is 3.04 bits per heavy atom. The summed E-state index contributed by atoms with van der Waals surface area (Å²) in [7, 11) is 0. The molecule has 1 aromatic heterocycles. The van der Waals surface area contributed by atoms with Crippen LogP contribution in [0, 0.1) is 0 Å². The molecule has 0 atom stereocenters. The van der Waals surface area contributed by atoms with Gasteiger partial charge in [0, 0.05) is 19.5 Å². The van der Waals surface area contributed by atoms with Gasteiger partial charge in [0.05, 0.1) is 5.75 Å². The van der Waals surface area contributed by atoms with Gasteiger partial charge in [-0.1, -0.05) is 30.8 Å². The number of amides is 1. The van der Waals surface area contributed by atoms with Crippen LogP contribution >= 0.6 is 11.8 Å². The molecule has 0 unspecified atom stereocenters. The van der Waals surface area contributed by atoms with Crippen molar-refractivity contribution < 1.29 is 14.3 Å². The lowest BCUT2D eigenvalue weighted by Crippen LogP contribution is -2.24. The molecule has 2 aromatic rings. The molecule has 0 saturated heterocycles. The number of nitrogens with one attached hydrogen (secondary N) is 1. The van der Waals surface area contributed by atoms with Crippen molar-refractivity contribution in [2.24, 2.45) is 0 Å². The van der Waals surface area contributed by atoms with Crippen LogP contribution < -0.4 is 14.8 Å². The van der Waals surface area contributed by atoms with Crippen LogP contribution in [0.5, 0.6) is 11.5 Å². The summed E-state index contributed by atoms with van der Waals surface area (Å²) in [6.07, 6.45) is 2.59. The normalized spacial score (nSPS) is 12.2. The summed E-state index contributed by atoms with van der Waals surface area (Å²) in [5.41, 5.74) is 0.964. The largest absolute Gasteiger partial charge is 0.454 e. The molecule has 0 bridgehead atoms. The maximum atomic E-state index is 12.1. The highest BCUT2D eigenvalue weighted by molar-refractivity contribution is 7.99. The van der Waals surface area contributed by atoms with E-state index in [1.54, 1.807) is 6.08 Å². The molecule has 1 aliphatic rings. The first-order valence-corrected chi connectivity index (χ1v) is 9.00. The lowest BCUT2D eigenvalue weighted by atomic mass is 10.2. The molecule has 25 heavy (non-hydrogen) atoms. The fourth-order valence-corrected chi connectivity index (χ4v) is 3.23. The second-order valence-electron chi connectivity index (χ2n) is 5.40. The molecular weight excluding hydrogens is 340 g/mol. The molecule has 0 radical (unpaired) electrons. The van der Waals surface area contributed by atoms with Gasteiger partial charge in [-0.2, -0.15) is 0 Å². The predicted octanol–water partition coefficient (Wildman–Crippen LogP) is 2.16. The Morgan fingerprint density at radius 1 is 1.40 bits per heavy atom. The highest BCUT2D eigenvalue weighted by atomic mass is 32.2. The first-order chi connectivity index (χ1) is 12.2. The van der Waals surface area contributed by atoms with Crippen LogP contribution in [-0.4, -0.2) is 33.2 Å². The fourth-order valence-electron chi connectivity index (χ4n) is 2.43. The lowest BCUT2D eigenvalue weighted by Gasteiger charge is -2.07. The zero-order valence-corrected chi connectivity index (χ0v) is 14.8. The lowest BCUT2D eigenvalue weighted by molar-refractivity contribution is -0.118. The quantitative estimate of drug-likeness (QED) is 0.574. The molecule has 1 amide bonds. The Balaban J connectivity index is 1.51. The molecule has 1 aliphatic heterocycles. The minimum Gasteiger partial charge on any atom is -0.454 e. The monoisotopic (exact) mass is 360 g/mol. The number of carbonyl (C=O) groups excluding carboxylic acids is 1. The second-order valence-corrected chi connectivity index (χ2v) is 6.35. The predicted molar refractivity (Wildman–Crippen MR) is 94.7 cm³/mol.